The number of rotatable bonds is 10. The number of hydrogen-bond acceptors (Lipinski definition) is 11. The van der Waals surface area contributed by atoms with Crippen molar-refractivity contribution in [2.75, 3.05) is 12.3 Å². The topological polar surface area (TPSA) is 246 Å². The number of nitrogens with zero attached hydrogens (tertiary/aromatic N) is 3. The molecular weight excluding hydrogens is 557 g/mol. The Kier molecular flexibility index (Phi) is 9.32. The third kappa shape index (κ3) is 8.18. The highest BCUT2D eigenvalue weighted by atomic mass is 31.3. The molecule has 37 heavy (non-hydrogen) atoms. The zero-order chi connectivity index (χ0) is 27.4. The first-order chi connectivity index (χ1) is 17.2. The van der Waals surface area contributed by atoms with Crippen molar-refractivity contribution in [3.8, 4) is 24.2 Å². The maximum absolute atomic E-state index is 12.0. The summed E-state index contributed by atoms with van der Waals surface area (Å²) in [6.45, 7) is -0.806. The quantitative estimate of drug-likeness (QED) is 0.131. The number of nitrogen functional groups attached to an aromatic ring is 1. The normalized spacial score (nSPS) is 23.1. The van der Waals surface area contributed by atoms with Crippen LogP contribution in [-0.2, 0) is 31.6 Å². The smallest absolute Gasteiger partial charge is 0.390 e. The predicted octanol–water partition coefficient (Wildman–Crippen LogP) is 1.16. The Morgan fingerprint density at radius 1 is 1.16 bits per heavy atom. The molecule has 1 saturated heterocycles. The van der Waals surface area contributed by atoms with Gasteiger partial charge in [-0.25, -0.2) is 23.7 Å². The Morgan fingerprint density at radius 2 is 1.89 bits per heavy atom. The van der Waals surface area contributed by atoms with Crippen molar-refractivity contribution in [1.82, 2.24) is 14.5 Å². The molecule has 1 aliphatic rings. The van der Waals surface area contributed by atoms with Gasteiger partial charge in [0.2, 0.25) is 0 Å². The van der Waals surface area contributed by atoms with Crippen molar-refractivity contribution < 1.29 is 56.3 Å². The molecule has 0 aromatic carbocycles. The van der Waals surface area contributed by atoms with Crippen molar-refractivity contribution in [3.05, 3.63) is 18.1 Å². The molecule has 7 N–H and O–H groups in total. The molecule has 202 valence electrons. The Balaban J connectivity index is 1.73. The van der Waals surface area contributed by atoms with E-state index in [2.05, 4.69) is 40.9 Å². The van der Waals surface area contributed by atoms with Gasteiger partial charge < -0.3 is 39.7 Å². The van der Waals surface area contributed by atoms with E-state index in [1.165, 1.54) is 6.33 Å². The molecule has 0 aliphatic carbocycles. The van der Waals surface area contributed by atoms with Gasteiger partial charge in [0, 0.05) is 25.5 Å². The largest absolute Gasteiger partial charge is 0.490 e. The first-order valence-electron chi connectivity index (χ1n) is 10.4. The Bertz CT molecular complexity index is 1390. The second-order valence-electron chi connectivity index (χ2n) is 7.59. The number of fused-ring (bicyclic) bond motifs is 1. The van der Waals surface area contributed by atoms with E-state index in [1.54, 1.807) is 10.8 Å². The van der Waals surface area contributed by atoms with Gasteiger partial charge >= 0.3 is 23.5 Å². The van der Waals surface area contributed by atoms with Crippen molar-refractivity contribution in [3.63, 3.8) is 0 Å². The van der Waals surface area contributed by atoms with Crippen molar-refractivity contribution in [2.24, 2.45) is 0 Å². The van der Waals surface area contributed by atoms with E-state index in [0.29, 0.717) is 35.9 Å². The van der Waals surface area contributed by atoms with E-state index >= 15 is 0 Å². The van der Waals surface area contributed by atoms with E-state index in [-0.39, 0.29) is 12.2 Å². The number of aromatic nitrogens is 3. The van der Waals surface area contributed by atoms with Crippen LogP contribution in [0.2, 0.25) is 0 Å². The Hall–Kier alpha value is -2.13. The number of terminal acetylenes is 1. The number of unbranched alkanes of at least 4 members (excludes halogenated alkanes) is 2. The van der Waals surface area contributed by atoms with Gasteiger partial charge in [-0.1, -0.05) is 11.8 Å². The van der Waals surface area contributed by atoms with Crippen LogP contribution in [0.1, 0.15) is 37.5 Å². The second kappa shape index (κ2) is 11.7. The number of anilines is 1. The van der Waals surface area contributed by atoms with Crippen molar-refractivity contribution in [2.45, 2.75) is 44.1 Å². The zero-order valence-corrected chi connectivity index (χ0v) is 21.5. The molecule has 19 heteroatoms. The van der Waals surface area contributed by atoms with Gasteiger partial charge in [0.25, 0.3) is 0 Å². The summed E-state index contributed by atoms with van der Waals surface area (Å²) in [5.41, 5.74) is 6.87. The molecule has 3 rings (SSSR count). The summed E-state index contributed by atoms with van der Waals surface area (Å²) >= 11 is 0. The molecule has 16 nitrogen and oxygen atoms in total. The number of phosphoric ester groups is 1. The maximum Gasteiger partial charge on any atom is 0.490 e. The second-order valence-corrected chi connectivity index (χ2v) is 12.0. The highest BCUT2D eigenvalue weighted by Gasteiger charge is 2.43. The number of nitrogens with two attached hydrogens (primary N) is 1. The fraction of sp³-hybridized carbons (Fsp3) is 0.444. The van der Waals surface area contributed by atoms with Gasteiger partial charge in [-0.05, 0) is 6.42 Å². The lowest BCUT2D eigenvalue weighted by molar-refractivity contribution is -0.0421. The summed E-state index contributed by atoms with van der Waals surface area (Å²) in [5, 5.41) is 10.9. The van der Waals surface area contributed by atoms with E-state index < -0.39 is 48.5 Å². The van der Waals surface area contributed by atoms with Crippen LogP contribution >= 0.6 is 23.5 Å². The lowest BCUT2D eigenvalue weighted by Crippen LogP contribution is -2.26. The molecule has 0 spiro atoms. The van der Waals surface area contributed by atoms with Crippen LogP contribution in [-0.4, -0.2) is 58.0 Å². The minimum absolute atomic E-state index is 0.0207. The first-order valence-corrected chi connectivity index (χ1v) is 14.9. The molecule has 5 atom stereocenters. The molecule has 0 amide bonds. The van der Waals surface area contributed by atoms with Crippen molar-refractivity contribution >= 4 is 40.3 Å². The highest BCUT2D eigenvalue weighted by Crippen LogP contribution is 2.66. The van der Waals surface area contributed by atoms with Crippen LogP contribution < -0.4 is 5.73 Å². The van der Waals surface area contributed by atoms with E-state index in [4.69, 9.17) is 26.7 Å². The molecule has 2 aromatic heterocycles. The Morgan fingerprint density at radius 3 is 2.57 bits per heavy atom. The van der Waals surface area contributed by atoms with Crippen LogP contribution in [0.3, 0.4) is 0 Å². The van der Waals surface area contributed by atoms with Gasteiger partial charge in [-0.15, -0.1) is 12.3 Å². The fourth-order valence-corrected chi connectivity index (χ4v) is 6.40. The zero-order valence-electron chi connectivity index (χ0n) is 18.9. The highest BCUT2D eigenvalue weighted by molar-refractivity contribution is 7.66. The number of aliphatic hydroxyl groups is 1. The predicted molar refractivity (Wildman–Crippen MR) is 126 cm³/mol. The molecule has 1 fully saturated rings. The molecule has 3 unspecified atom stereocenters. The van der Waals surface area contributed by atoms with Crippen LogP contribution in [0.5, 0.6) is 0 Å². The lowest BCUT2D eigenvalue weighted by atomic mass is 10.2. The van der Waals surface area contributed by atoms with Crippen LogP contribution in [0, 0.1) is 24.2 Å². The summed E-state index contributed by atoms with van der Waals surface area (Å²) < 4.78 is 53.3. The SMILES string of the molecule is C#CCCCC#Cc1cn([C@H]2CC(O)[C@@H](COP(=O)(O)OP(=O)(O)OP(=O)(O)O)O2)c2ncnc(N)c12. The standard InChI is InChI=1S/C18H23N4O12P3/c1-2-3-4-5-6-7-12-9-22(18-16(12)17(19)20-11-21-18)15-8-13(23)14(32-15)10-31-36(27,28)34-37(29,30)33-35(24,25)26/h1,9,11,13-15,23H,3-5,8,10H2,(H,27,28)(H,29,30)(H2,19,20,21)(H2,24,25,26)/t13?,14-,15-/m1/s1. The summed E-state index contributed by atoms with van der Waals surface area (Å²) in [4.78, 5) is 44.2. The average Bonchev–Trinajstić information content (AvgIpc) is 3.30. The van der Waals surface area contributed by atoms with Crippen LogP contribution in [0.15, 0.2) is 12.5 Å². The summed E-state index contributed by atoms with van der Waals surface area (Å²) in [7, 11) is -16.6. The monoisotopic (exact) mass is 580 g/mol. The van der Waals surface area contributed by atoms with Gasteiger partial charge in [0.15, 0.2) is 0 Å². The molecular formula is C18H23N4O12P3. The summed E-state index contributed by atoms with van der Waals surface area (Å²) in [6, 6.07) is 0. The molecule has 0 saturated carbocycles. The summed E-state index contributed by atoms with van der Waals surface area (Å²) in [5.74, 6) is 8.67. The van der Waals surface area contributed by atoms with E-state index in [0.717, 1.165) is 0 Å². The maximum atomic E-state index is 12.0. The van der Waals surface area contributed by atoms with Gasteiger partial charge in [-0.3, -0.25) is 4.52 Å². The Labute approximate surface area is 210 Å². The molecule has 2 aromatic rings. The van der Waals surface area contributed by atoms with Gasteiger partial charge in [0.05, 0.1) is 23.7 Å². The fourth-order valence-electron chi connectivity index (χ4n) is 3.37. The molecule has 0 bridgehead atoms. The lowest BCUT2D eigenvalue weighted by Gasteiger charge is -2.19. The number of phosphoric acid groups is 3. The third-order valence-corrected chi connectivity index (χ3v) is 8.62. The minimum Gasteiger partial charge on any atom is -0.390 e. The number of ether oxygens (including phenoxy) is 1. The van der Waals surface area contributed by atoms with Gasteiger partial charge in [-0.2, -0.15) is 8.62 Å². The van der Waals surface area contributed by atoms with Gasteiger partial charge in [0.1, 0.15) is 30.1 Å². The van der Waals surface area contributed by atoms with E-state index in [9.17, 15) is 28.6 Å². The number of aliphatic hydroxyl groups excluding tert-OH is 1. The van der Waals surface area contributed by atoms with Crippen LogP contribution in [0.4, 0.5) is 5.82 Å². The minimum atomic E-state index is -5.67. The first kappa shape index (κ1) is 29.4. The number of hydrogen-bond donors (Lipinski definition) is 6. The van der Waals surface area contributed by atoms with Crippen LogP contribution in [0.25, 0.3) is 11.0 Å². The van der Waals surface area contributed by atoms with E-state index in [1.807, 2.05) is 0 Å². The average molecular weight is 580 g/mol. The summed E-state index contributed by atoms with van der Waals surface area (Å²) in [6.07, 6.45) is 6.59. The molecule has 3 heterocycles. The van der Waals surface area contributed by atoms with Crippen molar-refractivity contribution in [1.29, 1.82) is 0 Å². The molecule has 1 aliphatic heterocycles. The third-order valence-electron chi connectivity index (χ3n) is 4.82. The molecule has 0 radical (unpaired) electrons.